The molecule has 0 atom stereocenters. The first-order valence-corrected chi connectivity index (χ1v) is 5.04. The Morgan fingerprint density at radius 2 is 2.38 bits per heavy atom. The van der Waals surface area contributed by atoms with Gasteiger partial charge in [0.15, 0.2) is 11.2 Å². The number of hydrogen-bond donors (Lipinski definition) is 0. The molecule has 2 rings (SSSR count). The van der Waals surface area contributed by atoms with Gasteiger partial charge < -0.3 is 4.74 Å². The van der Waals surface area contributed by atoms with Gasteiger partial charge in [-0.15, -0.1) is 0 Å². The number of hydrogen-bond acceptors (Lipinski definition) is 6. The highest BCUT2D eigenvalue weighted by molar-refractivity contribution is 7.18. The van der Waals surface area contributed by atoms with E-state index < -0.39 is 11.5 Å². The van der Waals surface area contributed by atoms with Gasteiger partial charge in [-0.3, -0.25) is 14.0 Å². The maximum Gasteiger partial charge on any atom is 0.349 e. The van der Waals surface area contributed by atoms with Crippen molar-refractivity contribution in [3.8, 4) is 0 Å². The molecule has 0 N–H and O–H groups in total. The number of carbonyl (C=O) groups is 2. The number of esters is 1. The SMILES string of the molecule is COC(=O)c1cn2c(=O)cc(C=O)nc2s1. The summed E-state index contributed by atoms with van der Waals surface area (Å²) >= 11 is 0.992. The van der Waals surface area contributed by atoms with Crippen LogP contribution in [0.1, 0.15) is 20.2 Å². The molecule has 6 nitrogen and oxygen atoms in total. The second-order valence-electron chi connectivity index (χ2n) is 2.88. The van der Waals surface area contributed by atoms with E-state index in [-0.39, 0.29) is 15.5 Å². The molecule has 82 valence electrons. The van der Waals surface area contributed by atoms with Crippen molar-refractivity contribution in [2.24, 2.45) is 0 Å². The average molecular weight is 238 g/mol. The normalized spacial score (nSPS) is 10.3. The van der Waals surface area contributed by atoms with Crippen LogP contribution < -0.4 is 5.56 Å². The molecule has 0 spiro atoms. The molecule has 2 aromatic rings. The van der Waals surface area contributed by atoms with Crippen LogP contribution in [-0.2, 0) is 4.74 Å². The molecule has 0 radical (unpaired) electrons. The minimum atomic E-state index is -0.539. The van der Waals surface area contributed by atoms with Crippen LogP contribution in [0.2, 0.25) is 0 Å². The number of methoxy groups -OCH3 is 1. The lowest BCUT2D eigenvalue weighted by molar-refractivity contribution is 0.0606. The van der Waals surface area contributed by atoms with E-state index >= 15 is 0 Å². The topological polar surface area (TPSA) is 77.7 Å². The van der Waals surface area contributed by atoms with Gasteiger partial charge in [-0.2, -0.15) is 0 Å². The molecule has 7 heteroatoms. The number of fused-ring (bicyclic) bond motifs is 1. The summed E-state index contributed by atoms with van der Waals surface area (Å²) in [7, 11) is 1.25. The van der Waals surface area contributed by atoms with Gasteiger partial charge >= 0.3 is 5.97 Å². The third kappa shape index (κ3) is 1.61. The van der Waals surface area contributed by atoms with Crippen LogP contribution in [0.5, 0.6) is 0 Å². The van der Waals surface area contributed by atoms with Gasteiger partial charge in [-0.1, -0.05) is 11.3 Å². The van der Waals surface area contributed by atoms with E-state index in [4.69, 9.17) is 0 Å². The Kier molecular flexibility index (Phi) is 2.53. The molecule has 0 fully saturated rings. The lowest BCUT2D eigenvalue weighted by Gasteiger charge is -1.90. The predicted octanol–water partition coefficient (Wildman–Crippen LogP) is 0.355. The van der Waals surface area contributed by atoms with Gasteiger partial charge in [-0.25, -0.2) is 9.78 Å². The molecule has 2 heterocycles. The van der Waals surface area contributed by atoms with Crippen molar-refractivity contribution < 1.29 is 14.3 Å². The van der Waals surface area contributed by atoms with E-state index in [2.05, 4.69) is 9.72 Å². The lowest BCUT2D eigenvalue weighted by atomic mass is 10.4. The molecule has 2 aromatic heterocycles. The Morgan fingerprint density at radius 1 is 1.62 bits per heavy atom. The second kappa shape index (κ2) is 3.86. The van der Waals surface area contributed by atoms with Gasteiger partial charge in [0, 0.05) is 12.3 Å². The maximum absolute atomic E-state index is 11.5. The average Bonchev–Trinajstić information content (AvgIpc) is 2.72. The van der Waals surface area contributed by atoms with Crippen LogP contribution in [0.25, 0.3) is 4.96 Å². The Labute approximate surface area is 93.1 Å². The van der Waals surface area contributed by atoms with Crippen molar-refractivity contribution in [1.29, 1.82) is 0 Å². The molecule has 0 bridgehead atoms. The van der Waals surface area contributed by atoms with Crippen molar-refractivity contribution >= 4 is 28.6 Å². The van der Waals surface area contributed by atoms with Crippen molar-refractivity contribution in [1.82, 2.24) is 9.38 Å². The van der Waals surface area contributed by atoms with Crippen LogP contribution in [0, 0.1) is 0 Å². The molecule has 0 aliphatic carbocycles. The van der Waals surface area contributed by atoms with Gasteiger partial charge in [0.2, 0.25) is 0 Å². The number of aromatic nitrogens is 2. The molecular weight excluding hydrogens is 232 g/mol. The summed E-state index contributed by atoms with van der Waals surface area (Å²) in [5, 5.41) is 0. The second-order valence-corrected chi connectivity index (χ2v) is 3.89. The van der Waals surface area contributed by atoms with Crippen molar-refractivity contribution in [3.05, 3.63) is 33.2 Å². The maximum atomic E-state index is 11.5. The number of ether oxygens (including phenoxy) is 1. The fraction of sp³-hybridized carbons (Fsp3) is 0.111. The Hall–Kier alpha value is -2.02. The zero-order valence-corrected chi connectivity index (χ0v) is 8.98. The van der Waals surface area contributed by atoms with Gasteiger partial charge in [0.1, 0.15) is 10.6 Å². The Bertz CT molecular complexity index is 628. The molecule has 0 aliphatic heterocycles. The van der Waals surface area contributed by atoms with E-state index in [0.29, 0.717) is 6.29 Å². The quantitative estimate of drug-likeness (QED) is 0.557. The number of thiazole rings is 1. The van der Waals surface area contributed by atoms with Crippen LogP contribution in [0.4, 0.5) is 0 Å². The predicted molar refractivity (Wildman–Crippen MR) is 56.1 cm³/mol. The van der Waals surface area contributed by atoms with Gasteiger partial charge in [0.25, 0.3) is 5.56 Å². The van der Waals surface area contributed by atoms with Gasteiger partial charge in [0.05, 0.1) is 7.11 Å². The van der Waals surface area contributed by atoms with Crippen LogP contribution in [0.15, 0.2) is 17.1 Å². The highest BCUT2D eigenvalue weighted by atomic mass is 32.1. The number of carbonyl (C=O) groups excluding carboxylic acids is 2. The van der Waals surface area contributed by atoms with Crippen molar-refractivity contribution in [2.75, 3.05) is 7.11 Å². The van der Waals surface area contributed by atoms with Crippen LogP contribution in [0.3, 0.4) is 0 Å². The first-order valence-electron chi connectivity index (χ1n) is 4.22. The summed E-state index contributed by atoms with van der Waals surface area (Å²) < 4.78 is 5.72. The largest absolute Gasteiger partial charge is 0.465 e. The number of rotatable bonds is 2. The standard InChI is InChI=1S/C9H6N2O4S/c1-15-8(14)6-3-11-7(13)2-5(4-12)10-9(11)16-6/h2-4H,1H3. The van der Waals surface area contributed by atoms with Crippen LogP contribution in [-0.4, -0.2) is 28.7 Å². The fourth-order valence-corrected chi connectivity index (χ4v) is 2.09. The van der Waals surface area contributed by atoms with E-state index in [9.17, 15) is 14.4 Å². The first-order chi connectivity index (χ1) is 7.65. The van der Waals surface area contributed by atoms with E-state index in [1.54, 1.807) is 0 Å². The summed E-state index contributed by atoms with van der Waals surface area (Å²) in [6.07, 6.45) is 1.83. The monoisotopic (exact) mass is 238 g/mol. The molecule has 0 aromatic carbocycles. The highest BCUT2D eigenvalue weighted by Gasteiger charge is 2.12. The first kappa shape index (κ1) is 10.5. The third-order valence-corrected chi connectivity index (χ3v) is 2.86. The summed E-state index contributed by atoms with van der Waals surface area (Å²) in [6, 6.07) is 1.10. The summed E-state index contributed by atoms with van der Waals surface area (Å²) in [5.41, 5.74) is -0.359. The minimum Gasteiger partial charge on any atom is -0.465 e. The van der Waals surface area contributed by atoms with E-state index in [0.717, 1.165) is 17.4 Å². The molecule has 0 amide bonds. The summed E-state index contributed by atoms with van der Waals surface area (Å²) in [6.45, 7) is 0. The summed E-state index contributed by atoms with van der Waals surface area (Å²) in [4.78, 5) is 37.7. The van der Waals surface area contributed by atoms with Crippen molar-refractivity contribution in [2.45, 2.75) is 0 Å². The Balaban J connectivity index is 2.70. The molecule has 0 saturated carbocycles. The zero-order chi connectivity index (χ0) is 11.7. The third-order valence-electron chi connectivity index (χ3n) is 1.89. The number of nitrogens with zero attached hydrogens (tertiary/aromatic N) is 2. The molecule has 0 aliphatic rings. The fourth-order valence-electron chi connectivity index (χ4n) is 1.18. The molecular formula is C9H6N2O4S. The summed E-state index contributed by atoms with van der Waals surface area (Å²) in [5.74, 6) is -0.539. The molecule has 0 unspecified atom stereocenters. The van der Waals surface area contributed by atoms with Crippen LogP contribution >= 0.6 is 11.3 Å². The zero-order valence-electron chi connectivity index (χ0n) is 8.17. The van der Waals surface area contributed by atoms with Gasteiger partial charge in [-0.05, 0) is 0 Å². The van der Waals surface area contributed by atoms with E-state index in [1.807, 2.05) is 0 Å². The highest BCUT2D eigenvalue weighted by Crippen LogP contribution is 2.15. The number of aldehydes is 1. The Morgan fingerprint density at radius 3 is 3.00 bits per heavy atom. The molecule has 16 heavy (non-hydrogen) atoms. The lowest BCUT2D eigenvalue weighted by Crippen LogP contribution is -2.12. The van der Waals surface area contributed by atoms with E-state index in [1.165, 1.54) is 17.7 Å². The minimum absolute atomic E-state index is 0.0447. The molecule has 0 saturated heterocycles. The van der Waals surface area contributed by atoms with Crippen molar-refractivity contribution in [3.63, 3.8) is 0 Å². The smallest absolute Gasteiger partial charge is 0.349 e.